The topological polar surface area (TPSA) is 87.1 Å². The van der Waals surface area contributed by atoms with Crippen molar-refractivity contribution in [1.29, 1.82) is 0 Å². The van der Waals surface area contributed by atoms with E-state index < -0.39 is 29.2 Å². The van der Waals surface area contributed by atoms with Crippen LogP contribution in [0.1, 0.15) is 27.7 Å². The number of ether oxygens (including phenoxy) is 1. The Hall–Kier alpha value is -1.30. The molecule has 2 atom stereocenters. The van der Waals surface area contributed by atoms with Gasteiger partial charge < -0.3 is 19.8 Å². The molecular weight excluding hydrogens is 226 g/mol. The molecule has 1 saturated heterocycles. The van der Waals surface area contributed by atoms with E-state index in [0.717, 1.165) is 0 Å². The minimum Gasteiger partial charge on any atom is -0.481 e. The number of hydrogen-bond donors (Lipinski definition) is 2. The molecule has 0 saturated carbocycles. The number of carbonyl (C=O) groups excluding carboxylic acids is 1. The van der Waals surface area contributed by atoms with Gasteiger partial charge in [0.2, 0.25) is 0 Å². The van der Waals surface area contributed by atoms with Gasteiger partial charge in [0, 0.05) is 6.54 Å². The number of amides is 1. The van der Waals surface area contributed by atoms with E-state index in [4.69, 9.17) is 9.84 Å². The van der Waals surface area contributed by atoms with Crippen LogP contribution in [-0.2, 0) is 9.53 Å². The van der Waals surface area contributed by atoms with Crippen LogP contribution in [0.2, 0.25) is 0 Å². The summed E-state index contributed by atoms with van der Waals surface area (Å²) in [6.45, 7) is 6.55. The summed E-state index contributed by atoms with van der Waals surface area (Å²) >= 11 is 0. The predicted octanol–water partition coefficient (Wildman–Crippen LogP) is 0.689. The van der Waals surface area contributed by atoms with Crippen molar-refractivity contribution in [2.45, 2.75) is 39.4 Å². The molecule has 1 amide bonds. The number of carboxylic acid groups (broad SMARTS) is 1. The fourth-order valence-electron chi connectivity index (χ4n) is 1.65. The van der Waals surface area contributed by atoms with Crippen LogP contribution >= 0.6 is 0 Å². The standard InChI is InChI=1S/C11H19NO5/c1-10(2,3)17-9(16)12-5-7(13)11(4,6-12)8(14)15/h7,13H,5-6H2,1-4H3,(H,14,15)/t7-,11+/m0/s1. The van der Waals surface area contributed by atoms with E-state index in [2.05, 4.69) is 0 Å². The van der Waals surface area contributed by atoms with E-state index in [-0.39, 0.29) is 13.1 Å². The number of β-amino-alcohol motifs (C(OH)–C–C–N with tert-alkyl or cyclic N) is 1. The zero-order valence-corrected chi connectivity index (χ0v) is 10.6. The van der Waals surface area contributed by atoms with Crippen LogP contribution in [0.5, 0.6) is 0 Å². The summed E-state index contributed by atoms with van der Waals surface area (Å²) < 4.78 is 5.13. The molecule has 0 bridgehead atoms. The van der Waals surface area contributed by atoms with Crippen molar-refractivity contribution in [3.05, 3.63) is 0 Å². The molecule has 6 nitrogen and oxygen atoms in total. The highest BCUT2D eigenvalue weighted by atomic mass is 16.6. The lowest BCUT2D eigenvalue weighted by atomic mass is 9.87. The highest BCUT2D eigenvalue weighted by Crippen LogP contribution is 2.31. The molecule has 1 rings (SSSR count). The molecule has 0 spiro atoms. The molecule has 6 heteroatoms. The number of aliphatic carboxylic acids is 1. The van der Waals surface area contributed by atoms with E-state index in [1.54, 1.807) is 20.8 Å². The van der Waals surface area contributed by atoms with E-state index in [0.29, 0.717) is 0 Å². The fraction of sp³-hybridized carbons (Fsp3) is 0.818. The second kappa shape index (κ2) is 4.18. The molecule has 1 fully saturated rings. The summed E-state index contributed by atoms with van der Waals surface area (Å²) in [6.07, 6.45) is -1.67. The summed E-state index contributed by atoms with van der Waals surface area (Å²) in [4.78, 5) is 24.0. The molecule has 1 aliphatic rings. The zero-order chi connectivity index (χ0) is 13.4. The van der Waals surface area contributed by atoms with Crippen LogP contribution in [0.3, 0.4) is 0 Å². The average Bonchev–Trinajstić information content (AvgIpc) is 2.42. The van der Waals surface area contributed by atoms with Gasteiger partial charge in [0.1, 0.15) is 11.0 Å². The predicted molar refractivity (Wildman–Crippen MR) is 59.6 cm³/mol. The molecule has 0 aliphatic carbocycles. The number of rotatable bonds is 1. The van der Waals surface area contributed by atoms with Gasteiger partial charge in [-0.2, -0.15) is 0 Å². The lowest BCUT2D eigenvalue weighted by molar-refractivity contribution is -0.151. The van der Waals surface area contributed by atoms with Crippen LogP contribution in [0.4, 0.5) is 4.79 Å². The van der Waals surface area contributed by atoms with Gasteiger partial charge in [0.05, 0.1) is 12.6 Å². The SMILES string of the molecule is CC(C)(C)OC(=O)N1C[C@H](O)[C@](C)(C(=O)O)C1. The lowest BCUT2D eigenvalue weighted by Gasteiger charge is -2.25. The molecule has 0 radical (unpaired) electrons. The maximum atomic E-state index is 11.7. The largest absolute Gasteiger partial charge is 0.481 e. The van der Waals surface area contributed by atoms with Gasteiger partial charge in [-0.15, -0.1) is 0 Å². The third kappa shape index (κ3) is 2.88. The quantitative estimate of drug-likeness (QED) is 0.709. The summed E-state index contributed by atoms with van der Waals surface area (Å²) in [5.74, 6) is -1.11. The fourth-order valence-corrected chi connectivity index (χ4v) is 1.65. The Kier molecular flexibility index (Phi) is 3.38. The molecule has 1 aliphatic heterocycles. The van der Waals surface area contributed by atoms with Gasteiger partial charge in [0.15, 0.2) is 0 Å². The molecule has 98 valence electrons. The highest BCUT2D eigenvalue weighted by Gasteiger charge is 2.50. The number of nitrogens with zero attached hydrogens (tertiary/aromatic N) is 1. The maximum absolute atomic E-state index is 11.7. The Bertz CT molecular complexity index is 335. The Morgan fingerprint density at radius 1 is 1.41 bits per heavy atom. The number of carboxylic acids is 1. The van der Waals surface area contributed by atoms with Crippen LogP contribution in [-0.4, -0.2) is 52.0 Å². The highest BCUT2D eigenvalue weighted by molar-refractivity contribution is 5.78. The number of likely N-dealkylation sites (tertiary alicyclic amines) is 1. The van der Waals surface area contributed by atoms with Crippen LogP contribution in [0.25, 0.3) is 0 Å². The Balaban J connectivity index is 2.73. The summed E-state index contributed by atoms with van der Waals surface area (Å²) in [5.41, 5.74) is -1.96. The number of hydrogen-bond acceptors (Lipinski definition) is 4. The van der Waals surface area contributed by atoms with Gasteiger partial charge >= 0.3 is 12.1 Å². The average molecular weight is 245 g/mol. The van der Waals surface area contributed by atoms with Crippen molar-refractivity contribution < 1.29 is 24.5 Å². The molecule has 2 N–H and O–H groups in total. The summed E-state index contributed by atoms with van der Waals surface area (Å²) in [6, 6.07) is 0. The number of carbonyl (C=O) groups is 2. The van der Waals surface area contributed by atoms with Gasteiger partial charge in [-0.1, -0.05) is 0 Å². The van der Waals surface area contributed by atoms with Crippen molar-refractivity contribution in [2.75, 3.05) is 13.1 Å². The monoisotopic (exact) mass is 245 g/mol. The third-order valence-electron chi connectivity index (χ3n) is 2.79. The molecule has 0 aromatic carbocycles. The Morgan fingerprint density at radius 3 is 2.29 bits per heavy atom. The molecule has 0 aromatic heterocycles. The molecule has 17 heavy (non-hydrogen) atoms. The zero-order valence-electron chi connectivity index (χ0n) is 10.6. The maximum Gasteiger partial charge on any atom is 0.410 e. The van der Waals surface area contributed by atoms with E-state index >= 15 is 0 Å². The minimum absolute atomic E-state index is 0.0162. The third-order valence-corrected chi connectivity index (χ3v) is 2.79. The Morgan fingerprint density at radius 2 is 1.94 bits per heavy atom. The van der Waals surface area contributed by atoms with Crippen LogP contribution < -0.4 is 0 Å². The van der Waals surface area contributed by atoms with Crippen LogP contribution in [0, 0.1) is 5.41 Å². The second-order valence-electron chi connectivity index (χ2n) is 5.60. The number of aliphatic hydroxyl groups is 1. The first kappa shape index (κ1) is 13.8. The first-order chi connectivity index (χ1) is 7.56. The van der Waals surface area contributed by atoms with Gasteiger partial charge in [-0.25, -0.2) is 4.79 Å². The van der Waals surface area contributed by atoms with E-state index in [9.17, 15) is 14.7 Å². The first-order valence-corrected chi connectivity index (χ1v) is 5.45. The lowest BCUT2D eigenvalue weighted by Crippen LogP contribution is -2.40. The van der Waals surface area contributed by atoms with E-state index in [1.807, 2.05) is 0 Å². The number of aliphatic hydroxyl groups excluding tert-OH is 1. The van der Waals surface area contributed by atoms with Crippen LogP contribution in [0.15, 0.2) is 0 Å². The molecule has 0 aromatic rings. The first-order valence-electron chi connectivity index (χ1n) is 5.45. The minimum atomic E-state index is -1.32. The van der Waals surface area contributed by atoms with Crippen molar-refractivity contribution in [3.8, 4) is 0 Å². The smallest absolute Gasteiger partial charge is 0.410 e. The van der Waals surface area contributed by atoms with Crippen molar-refractivity contribution in [1.82, 2.24) is 4.90 Å². The molecule has 0 unspecified atom stereocenters. The van der Waals surface area contributed by atoms with Gasteiger partial charge in [-0.3, -0.25) is 4.79 Å². The Labute approximate surface area is 100 Å². The molecule has 1 heterocycles. The van der Waals surface area contributed by atoms with Crippen molar-refractivity contribution in [3.63, 3.8) is 0 Å². The second-order valence-corrected chi connectivity index (χ2v) is 5.60. The van der Waals surface area contributed by atoms with Crippen molar-refractivity contribution in [2.24, 2.45) is 5.41 Å². The summed E-state index contributed by atoms with van der Waals surface area (Å²) in [5, 5.41) is 18.7. The normalized spacial score (nSPS) is 29.2. The molecular formula is C11H19NO5. The van der Waals surface area contributed by atoms with Gasteiger partial charge in [0.25, 0.3) is 0 Å². The van der Waals surface area contributed by atoms with Crippen molar-refractivity contribution >= 4 is 12.1 Å². The van der Waals surface area contributed by atoms with Gasteiger partial charge in [-0.05, 0) is 27.7 Å². The summed E-state index contributed by atoms with van der Waals surface area (Å²) in [7, 11) is 0. The van der Waals surface area contributed by atoms with E-state index in [1.165, 1.54) is 11.8 Å².